The van der Waals surface area contributed by atoms with Gasteiger partial charge in [0, 0.05) is 6.42 Å². The summed E-state index contributed by atoms with van der Waals surface area (Å²) in [4.78, 5) is 33.6. The van der Waals surface area contributed by atoms with Gasteiger partial charge >= 0.3 is 5.97 Å². The van der Waals surface area contributed by atoms with Gasteiger partial charge in [-0.05, 0) is 6.42 Å². The monoisotopic (exact) mass is 412 g/mol. The van der Waals surface area contributed by atoms with E-state index in [1.807, 2.05) is 0 Å². The highest BCUT2D eigenvalue weighted by Crippen LogP contribution is 2.14. The van der Waals surface area contributed by atoms with Gasteiger partial charge < -0.3 is 16.2 Å². The van der Waals surface area contributed by atoms with Crippen LogP contribution in [0.2, 0.25) is 0 Å². The molecule has 0 fully saturated rings. The van der Waals surface area contributed by atoms with E-state index in [0.29, 0.717) is 6.42 Å². The zero-order chi connectivity index (χ0) is 21.7. The van der Waals surface area contributed by atoms with Gasteiger partial charge in [0.25, 0.3) is 0 Å². The molecule has 0 rings (SSSR count). The van der Waals surface area contributed by atoms with Crippen LogP contribution in [0.1, 0.15) is 122 Å². The van der Waals surface area contributed by atoms with Crippen LogP contribution in [0.3, 0.4) is 0 Å². The van der Waals surface area contributed by atoms with Crippen LogP contribution < -0.4 is 11.1 Å². The second-order valence-electron chi connectivity index (χ2n) is 8.18. The molecule has 170 valence electrons. The van der Waals surface area contributed by atoms with Crippen molar-refractivity contribution in [2.45, 2.75) is 129 Å². The van der Waals surface area contributed by atoms with Gasteiger partial charge in [-0.3, -0.25) is 9.59 Å². The lowest BCUT2D eigenvalue weighted by Gasteiger charge is -2.12. The van der Waals surface area contributed by atoms with Crippen molar-refractivity contribution in [3.8, 4) is 0 Å². The highest BCUT2D eigenvalue weighted by atomic mass is 16.4. The molecule has 0 unspecified atom stereocenters. The molecular formula is C23H44N2O4. The van der Waals surface area contributed by atoms with Crippen LogP contribution in [0.4, 0.5) is 0 Å². The van der Waals surface area contributed by atoms with Crippen molar-refractivity contribution in [3.63, 3.8) is 0 Å². The third kappa shape index (κ3) is 19.5. The molecule has 0 saturated carbocycles. The summed E-state index contributed by atoms with van der Waals surface area (Å²) in [6.45, 7) is 2.26. The maximum atomic E-state index is 11.8. The molecular weight excluding hydrogens is 368 g/mol. The smallest absolute Gasteiger partial charge is 0.326 e. The summed E-state index contributed by atoms with van der Waals surface area (Å²) in [7, 11) is 0. The maximum Gasteiger partial charge on any atom is 0.326 e. The number of carbonyl (C=O) groups is 3. The van der Waals surface area contributed by atoms with E-state index in [2.05, 4.69) is 12.2 Å². The Kier molecular flexibility index (Phi) is 18.6. The van der Waals surface area contributed by atoms with E-state index in [9.17, 15) is 14.4 Å². The maximum absolute atomic E-state index is 11.8. The van der Waals surface area contributed by atoms with Crippen molar-refractivity contribution >= 4 is 17.8 Å². The molecule has 0 aliphatic carbocycles. The highest BCUT2D eigenvalue weighted by Gasteiger charge is 2.21. The molecule has 0 aliphatic heterocycles. The summed E-state index contributed by atoms with van der Waals surface area (Å²) in [5.74, 6) is -2.30. The Hall–Kier alpha value is -1.59. The van der Waals surface area contributed by atoms with Crippen molar-refractivity contribution in [2.75, 3.05) is 0 Å². The number of rotatable bonds is 21. The van der Waals surface area contributed by atoms with E-state index in [-0.39, 0.29) is 12.3 Å². The minimum atomic E-state index is -1.23. The van der Waals surface area contributed by atoms with Crippen molar-refractivity contribution in [3.05, 3.63) is 0 Å². The predicted molar refractivity (Wildman–Crippen MR) is 118 cm³/mol. The molecule has 0 aliphatic rings. The Morgan fingerprint density at radius 3 is 1.45 bits per heavy atom. The highest BCUT2D eigenvalue weighted by molar-refractivity contribution is 5.88. The number of carbonyl (C=O) groups excluding carboxylic acids is 2. The number of carboxylic acid groups (broad SMARTS) is 1. The van der Waals surface area contributed by atoms with E-state index in [1.165, 1.54) is 83.5 Å². The fourth-order valence-electron chi connectivity index (χ4n) is 3.50. The number of hydrogen-bond donors (Lipinski definition) is 3. The Morgan fingerprint density at radius 1 is 0.724 bits per heavy atom. The number of primary amides is 1. The minimum absolute atomic E-state index is 0.293. The minimum Gasteiger partial charge on any atom is -0.480 e. The van der Waals surface area contributed by atoms with Crippen LogP contribution in [0.5, 0.6) is 0 Å². The topological polar surface area (TPSA) is 109 Å². The fraction of sp³-hybridized carbons (Fsp3) is 0.870. The second-order valence-corrected chi connectivity index (χ2v) is 8.18. The third-order valence-corrected chi connectivity index (χ3v) is 5.30. The Bertz CT molecular complexity index is 441. The van der Waals surface area contributed by atoms with Crippen molar-refractivity contribution < 1.29 is 19.5 Å². The number of nitrogens with one attached hydrogen (secondary N) is 1. The first-order valence-electron chi connectivity index (χ1n) is 11.8. The average Bonchev–Trinajstić information content (AvgIpc) is 2.66. The Morgan fingerprint density at radius 2 is 1.10 bits per heavy atom. The first-order valence-corrected chi connectivity index (χ1v) is 11.8. The molecule has 1 atom stereocenters. The van der Waals surface area contributed by atoms with Crippen LogP contribution in [0.25, 0.3) is 0 Å². The van der Waals surface area contributed by atoms with E-state index in [4.69, 9.17) is 10.8 Å². The normalized spacial score (nSPS) is 11.9. The largest absolute Gasteiger partial charge is 0.480 e. The van der Waals surface area contributed by atoms with Gasteiger partial charge in [0.2, 0.25) is 11.8 Å². The number of nitrogens with two attached hydrogens (primary N) is 1. The lowest BCUT2D eigenvalue weighted by molar-refractivity contribution is -0.143. The van der Waals surface area contributed by atoms with Gasteiger partial charge in [0.15, 0.2) is 0 Å². The van der Waals surface area contributed by atoms with Crippen molar-refractivity contribution in [1.29, 1.82) is 0 Å². The Labute approximate surface area is 177 Å². The van der Waals surface area contributed by atoms with Crippen LogP contribution in [0, 0.1) is 0 Å². The molecule has 6 nitrogen and oxygen atoms in total. The number of unbranched alkanes of at least 4 members (excludes halogenated alkanes) is 15. The van der Waals surface area contributed by atoms with Crippen molar-refractivity contribution in [1.82, 2.24) is 5.32 Å². The van der Waals surface area contributed by atoms with Gasteiger partial charge in [0.05, 0.1) is 6.42 Å². The zero-order valence-electron chi connectivity index (χ0n) is 18.6. The van der Waals surface area contributed by atoms with E-state index >= 15 is 0 Å². The standard InChI is InChI=1S/C23H44N2O4/c1-2-3-4-5-6-7-8-9-10-11-12-13-14-15-16-17-18-22(27)25-20(23(28)29)19-21(24)26/h20H,2-19H2,1H3,(H2,24,26)(H,25,27)(H,28,29)/t20-/m0/s1. The van der Waals surface area contributed by atoms with E-state index in [0.717, 1.165) is 19.3 Å². The molecule has 4 N–H and O–H groups in total. The predicted octanol–water partition coefficient (Wildman–Crippen LogP) is 5.08. The summed E-state index contributed by atoms with van der Waals surface area (Å²) in [6, 6.07) is -1.22. The molecule has 0 spiro atoms. The molecule has 0 saturated heterocycles. The second kappa shape index (κ2) is 19.7. The first-order chi connectivity index (χ1) is 14.0. The van der Waals surface area contributed by atoms with Gasteiger partial charge in [0.1, 0.15) is 6.04 Å². The average molecular weight is 413 g/mol. The van der Waals surface area contributed by atoms with Crippen LogP contribution in [-0.2, 0) is 14.4 Å². The van der Waals surface area contributed by atoms with Gasteiger partial charge in [-0.25, -0.2) is 4.79 Å². The van der Waals surface area contributed by atoms with E-state index in [1.54, 1.807) is 0 Å². The molecule has 0 bridgehead atoms. The number of carboxylic acids is 1. The van der Waals surface area contributed by atoms with Gasteiger partial charge in [-0.1, -0.05) is 103 Å². The molecule has 0 heterocycles. The van der Waals surface area contributed by atoms with Crippen molar-refractivity contribution in [2.24, 2.45) is 5.73 Å². The Balaban J connectivity index is 3.39. The quantitative estimate of drug-likeness (QED) is 0.228. The molecule has 29 heavy (non-hydrogen) atoms. The molecule has 0 aromatic carbocycles. The summed E-state index contributed by atoms with van der Waals surface area (Å²) < 4.78 is 0. The molecule has 2 amide bonds. The summed E-state index contributed by atoms with van der Waals surface area (Å²) in [5.41, 5.74) is 4.99. The summed E-state index contributed by atoms with van der Waals surface area (Å²) in [5, 5.41) is 11.3. The van der Waals surface area contributed by atoms with E-state index < -0.39 is 17.9 Å². The SMILES string of the molecule is CCCCCCCCCCCCCCCCCCC(=O)N[C@@H](CC(N)=O)C(=O)O. The van der Waals surface area contributed by atoms with Crippen LogP contribution in [0.15, 0.2) is 0 Å². The third-order valence-electron chi connectivity index (χ3n) is 5.30. The first kappa shape index (κ1) is 27.4. The lowest BCUT2D eigenvalue weighted by Crippen LogP contribution is -2.43. The number of aliphatic carboxylic acids is 1. The van der Waals surface area contributed by atoms with Crippen LogP contribution >= 0.6 is 0 Å². The number of amides is 2. The summed E-state index contributed by atoms with van der Waals surface area (Å²) >= 11 is 0. The van der Waals surface area contributed by atoms with Crippen LogP contribution in [-0.4, -0.2) is 28.9 Å². The van der Waals surface area contributed by atoms with Gasteiger partial charge in [-0.15, -0.1) is 0 Å². The molecule has 0 radical (unpaired) electrons. The summed E-state index contributed by atoms with van der Waals surface area (Å²) in [6.07, 6.45) is 20.2. The zero-order valence-corrected chi connectivity index (χ0v) is 18.6. The molecule has 0 aromatic rings. The molecule has 0 aromatic heterocycles. The number of hydrogen-bond acceptors (Lipinski definition) is 3. The molecule has 6 heteroatoms. The fourth-order valence-corrected chi connectivity index (χ4v) is 3.50. The lowest BCUT2D eigenvalue weighted by atomic mass is 10.0. The van der Waals surface area contributed by atoms with Gasteiger partial charge in [-0.2, -0.15) is 0 Å².